The van der Waals surface area contributed by atoms with E-state index in [1.54, 1.807) is 12.1 Å². The molecule has 1 heterocycles. The van der Waals surface area contributed by atoms with Gasteiger partial charge in [-0.1, -0.05) is 38.1 Å². The highest BCUT2D eigenvalue weighted by atomic mass is 16.5. The number of fused-ring (bicyclic) bond motifs is 1. The topological polar surface area (TPSA) is 67.4 Å². The summed E-state index contributed by atoms with van der Waals surface area (Å²) in [4.78, 5) is 24.1. The van der Waals surface area contributed by atoms with E-state index < -0.39 is 0 Å². The van der Waals surface area contributed by atoms with Gasteiger partial charge in [0.25, 0.3) is 0 Å². The molecule has 0 saturated carbocycles. The summed E-state index contributed by atoms with van der Waals surface area (Å²) in [5.41, 5.74) is 3.40. The maximum absolute atomic E-state index is 12.4. The first-order valence-corrected chi connectivity index (χ1v) is 8.47. The number of para-hydroxylation sites is 1. The van der Waals surface area contributed by atoms with Crippen LogP contribution < -0.4 is 15.4 Å². The van der Waals surface area contributed by atoms with E-state index in [-0.39, 0.29) is 18.2 Å². The SMILES string of the molecule is CC(C)c1ccccc1NC(=O)Cc1ccc2c(c1)NC(=O)CCO2. The van der Waals surface area contributed by atoms with Crippen LogP contribution in [0, 0.1) is 0 Å². The van der Waals surface area contributed by atoms with Crippen molar-refractivity contribution in [3.05, 3.63) is 53.6 Å². The van der Waals surface area contributed by atoms with Gasteiger partial charge in [0.1, 0.15) is 5.75 Å². The quantitative estimate of drug-likeness (QED) is 0.893. The predicted molar refractivity (Wildman–Crippen MR) is 98.0 cm³/mol. The highest BCUT2D eigenvalue weighted by Crippen LogP contribution is 2.29. The lowest BCUT2D eigenvalue weighted by atomic mass is 10.0. The molecule has 130 valence electrons. The van der Waals surface area contributed by atoms with Crippen molar-refractivity contribution in [1.82, 2.24) is 0 Å². The van der Waals surface area contributed by atoms with E-state index in [4.69, 9.17) is 4.74 Å². The summed E-state index contributed by atoms with van der Waals surface area (Å²) in [5, 5.41) is 5.80. The van der Waals surface area contributed by atoms with Crippen LogP contribution in [0.1, 0.15) is 37.3 Å². The van der Waals surface area contributed by atoms with E-state index in [0.29, 0.717) is 30.4 Å². The summed E-state index contributed by atoms with van der Waals surface area (Å²) in [7, 11) is 0. The van der Waals surface area contributed by atoms with Gasteiger partial charge in [-0.3, -0.25) is 9.59 Å². The molecule has 5 nitrogen and oxygen atoms in total. The van der Waals surface area contributed by atoms with Gasteiger partial charge in [-0.15, -0.1) is 0 Å². The molecular weight excluding hydrogens is 316 g/mol. The van der Waals surface area contributed by atoms with E-state index in [1.165, 1.54) is 0 Å². The highest BCUT2D eigenvalue weighted by molar-refractivity contribution is 5.95. The van der Waals surface area contributed by atoms with Crippen molar-refractivity contribution in [1.29, 1.82) is 0 Å². The van der Waals surface area contributed by atoms with Crippen LogP contribution >= 0.6 is 0 Å². The Hall–Kier alpha value is -2.82. The number of ether oxygens (including phenoxy) is 1. The fraction of sp³-hybridized carbons (Fsp3) is 0.300. The van der Waals surface area contributed by atoms with Gasteiger partial charge in [0.05, 0.1) is 25.1 Å². The second kappa shape index (κ2) is 7.38. The lowest BCUT2D eigenvalue weighted by molar-refractivity contribution is -0.116. The standard InChI is InChI=1S/C20H22N2O3/c1-13(2)15-5-3-4-6-16(15)21-20(24)12-14-7-8-18-17(11-14)22-19(23)9-10-25-18/h3-8,11,13H,9-10,12H2,1-2H3,(H,21,24)(H,22,23). The molecule has 0 bridgehead atoms. The lowest BCUT2D eigenvalue weighted by Gasteiger charge is -2.14. The number of amides is 2. The molecule has 1 aliphatic rings. The van der Waals surface area contributed by atoms with Crippen LogP contribution in [-0.4, -0.2) is 18.4 Å². The molecule has 25 heavy (non-hydrogen) atoms. The van der Waals surface area contributed by atoms with Gasteiger partial charge in [0.2, 0.25) is 11.8 Å². The molecule has 0 saturated heterocycles. The Morgan fingerprint density at radius 2 is 2.04 bits per heavy atom. The van der Waals surface area contributed by atoms with E-state index >= 15 is 0 Å². The van der Waals surface area contributed by atoms with Gasteiger partial charge < -0.3 is 15.4 Å². The molecule has 1 aliphatic heterocycles. The molecule has 2 aromatic rings. The van der Waals surface area contributed by atoms with Crippen molar-refractivity contribution in [2.75, 3.05) is 17.2 Å². The third kappa shape index (κ3) is 4.18. The molecule has 2 amide bonds. The number of nitrogens with one attached hydrogen (secondary N) is 2. The van der Waals surface area contributed by atoms with Crippen LogP contribution in [0.25, 0.3) is 0 Å². The molecule has 0 aromatic heterocycles. The van der Waals surface area contributed by atoms with E-state index in [2.05, 4.69) is 24.5 Å². The van der Waals surface area contributed by atoms with Crippen LogP contribution in [-0.2, 0) is 16.0 Å². The number of benzene rings is 2. The number of hydrogen-bond acceptors (Lipinski definition) is 3. The Kier molecular flexibility index (Phi) is 5.03. The van der Waals surface area contributed by atoms with Crippen molar-refractivity contribution in [3.8, 4) is 5.75 Å². The summed E-state index contributed by atoms with van der Waals surface area (Å²) >= 11 is 0. The molecule has 5 heteroatoms. The third-order valence-electron chi connectivity index (χ3n) is 4.13. The molecule has 2 aromatic carbocycles. The van der Waals surface area contributed by atoms with E-state index in [9.17, 15) is 9.59 Å². The van der Waals surface area contributed by atoms with Crippen LogP contribution in [0.15, 0.2) is 42.5 Å². The first-order valence-electron chi connectivity index (χ1n) is 8.47. The average Bonchev–Trinajstić information content (AvgIpc) is 2.75. The zero-order chi connectivity index (χ0) is 17.8. The minimum Gasteiger partial charge on any atom is -0.491 e. The fourth-order valence-corrected chi connectivity index (χ4v) is 2.87. The summed E-state index contributed by atoms with van der Waals surface area (Å²) in [6, 6.07) is 13.3. The summed E-state index contributed by atoms with van der Waals surface area (Å²) < 4.78 is 5.53. The van der Waals surface area contributed by atoms with Gasteiger partial charge in [-0.2, -0.15) is 0 Å². The van der Waals surface area contributed by atoms with Crippen molar-refractivity contribution < 1.29 is 14.3 Å². The molecule has 0 unspecified atom stereocenters. The van der Waals surface area contributed by atoms with Crippen molar-refractivity contribution in [2.45, 2.75) is 32.6 Å². The number of carbonyl (C=O) groups excluding carboxylic acids is 2. The second-order valence-corrected chi connectivity index (χ2v) is 6.44. The molecule has 2 N–H and O–H groups in total. The number of anilines is 2. The number of rotatable bonds is 4. The largest absolute Gasteiger partial charge is 0.491 e. The van der Waals surface area contributed by atoms with E-state index in [0.717, 1.165) is 16.8 Å². The van der Waals surface area contributed by atoms with Gasteiger partial charge in [0.15, 0.2) is 0 Å². The first-order chi connectivity index (χ1) is 12.0. The Labute approximate surface area is 147 Å². The van der Waals surface area contributed by atoms with Crippen LogP contribution in [0.3, 0.4) is 0 Å². The summed E-state index contributed by atoms with van der Waals surface area (Å²) in [6.45, 7) is 4.56. The van der Waals surface area contributed by atoms with Gasteiger partial charge in [-0.25, -0.2) is 0 Å². The number of carbonyl (C=O) groups is 2. The van der Waals surface area contributed by atoms with Crippen molar-refractivity contribution in [3.63, 3.8) is 0 Å². The maximum atomic E-state index is 12.4. The van der Waals surface area contributed by atoms with Gasteiger partial charge >= 0.3 is 0 Å². The third-order valence-corrected chi connectivity index (χ3v) is 4.13. The molecule has 0 spiro atoms. The zero-order valence-corrected chi connectivity index (χ0v) is 14.5. The molecule has 0 fully saturated rings. The smallest absolute Gasteiger partial charge is 0.228 e. The molecular formula is C20H22N2O3. The Bertz CT molecular complexity index is 799. The normalized spacial score (nSPS) is 13.5. The van der Waals surface area contributed by atoms with Gasteiger partial charge in [0, 0.05) is 5.69 Å². The first kappa shape index (κ1) is 17.0. The monoisotopic (exact) mass is 338 g/mol. The molecule has 0 aliphatic carbocycles. The Morgan fingerprint density at radius 3 is 2.84 bits per heavy atom. The van der Waals surface area contributed by atoms with Crippen LogP contribution in [0.2, 0.25) is 0 Å². The second-order valence-electron chi connectivity index (χ2n) is 6.44. The molecule has 0 atom stereocenters. The minimum absolute atomic E-state index is 0.0776. The highest BCUT2D eigenvalue weighted by Gasteiger charge is 2.15. The van der Waals surface area contributed by atoms with Crippen molar-refractivity contribution in [2.24, 2.45) is 0 Å². The lowest BCUT2D eigenvalue weighted by Crippen LogP contribution is -2.16. The summed E-state index contributed by atoms with van der Waals surface area (Å²) in [5.74, 6) is 0.802. The number of hydrogen-bond donors (Lipinski definition) is 2. The Morgan fingerprint density at radius 1 is 1.24 bits per heavy atom. The van der Waals surface area contributed by atoms with E-state index in [1.807, 2.05) is 30.3 Å². The maximum Gasteiger partial charge on any atom is 0.228 e. The molecule has 0 radical (unpaired) electrons. The minimum atomic E-state index is -0.0890. The fourth-order valence-electron chi connectivity index (χ4n) is 2.87. The average molecular weight is 338 g/mol. The van der Waals surface area contributed by atoms with Crippen molar-refractivity contribution >= 4 is 23.2 Å². The van der Waals surface area contributed by atoms with Gasteiger partial charge in [-0.05, 0) is 35.2 Å². The zero-order valence-electron chi connectivity index (χ0n) is 14.5. The van der Waals surface area contributed by atoms with Crippen LogP contribution in [0.5, 0.6) is 5.75 Å². The van der Waals surface area contributed by atoms with Crippen LogP contribution in [0.4, 0.5) is 11.4 Å². The predicted octanol–water partition coefficient (Wildman–Crippen LogP) is 3.71. The summed E-state index contributed by atoms with van der Waals surface area (Å²) in [6.07, 6.45) is 0.562. The molecule has 3 rings (SSSR count). The Balaban J connectivity index is 1.73.